The first-order valence-electron chi connectivity index (χ1n) is 15.7. The second-order valence-electron chi connectivity index (χ2n) is 11.4. The number of aromatic hydroxyl groups is 2. The summed E-state index contributed by atoms with van der Waals surface area (Å²) in [5.41, 5.74) is -2.47. The zero-order valence-electron chi connectivity index (χ0n) is 29.7. The molecule has 0 aliphatic heterocycles. The fourth-order valence-corrected chi connectivity index (χ4v) is 7.80. The fourth-order valence-electron chi connectivity index (χ4n) is 5.30. The van der Waals surface area contributed by atoms with Crippen molar-refractivity contribution in [3.63, 3.8) is 0 Å². The summed E-state index contributed by atoms with van der Waals surface area (Å²) in [6, 6.07) is 8.64. The molecule has 2 aromatic carbocycles. The third-order valence-electron chi connectivity index (χ3n) is 8.09. The Morgan fingerprint density at radius 2 is 1.04 bits per heavy atom. The van der Waals surface area contributed by atoms with E-state index in [4.69, 9.17) is 9.47 Å². The molecule has 0 aliphatic rings. The molecule has 19 nitrogen and oxygen atoms in total. The molecule has 22 heteroatoms. The molecule has 0 saturated heterocycles. The lowest BCUT2D eigenvalue weighted by Gasteiger charge is -2.15. The third-order valence-corrected chi connectivity index (χ3v) is 10.8. The first-order chi connectivity index (χ1) is 25.3. The molecule has 54 heavy (non-hydrogen) atoms. The number of pyridine rings is 2. The minimum Gasteiger partial charge on any atom is -0.606 e. The normalized spacial score (nSPS) is 12.3. The second-order valence-corrected chi connectivity index (χ2v) is 15.8. The standard InChI is InChI=1S/C32H36N6O13S3/c1-7-37-29(39)21(15-53(44,45)46)17(3)27(31(37)41)35-33-23-11-9-19(13-25(23)50-5)52(43)20-10-12-24(26(14-20)51-6)34-36-28-18(4)22(16-54(47,48)49)30(40)38(8-2)32(28)42/h9-14,41-42H,7-8,15-16H2,1-6H3,(H,44,45,46)(H,47,48,49)/b35-33+,36-34+. The minimum absolute atomic E-state index is 0.0176. The van der Waals surface area contributed by atoms with Gasteiger partial charge < -0.3 is 24.2 Å². The van der Waals surface area contributed by atoms with Gasteiger partial charge in [0.15, 0.2) is 21.3 Å². The average Bonchev–Trinajstić information content (AvgIpc) is 3.11. The predicted molar refractivity (Wildman–Crippen MR) is 195 cm³/mol. The molecule has 2 aromatic heterocycles. The van der Waals surface area contributed by atoms with Crippen molar-refractivity contribution < 1.29 is 50.2 Å². The van der Waals surface area contributed by atoms with Crippen LogP contribution in [-0.4, -0.2) is 64.1 Å². The summed E-state index contributed by atoms with van der Waals surface area (Å²) < 4.78 is 91.4. The monoisotopic (exact) mass is 808 g/mol. The average molecular weight is 809 g/mol. The van der Waals surface area contributed by atoms with Gasteiger partial charge in [-0.15, -0.1) is 20.5 Å². The molecule has 0 spiro atoms. The zero-order chi connectivity index (χ0) is 40.3. The number of azo groups is 2. The van der Waals surface area contributed by atoms with Crippen molar-refractivity contribution in [2.45, 2.75) is 62.1 Å². The van der Waals surface area contributed by atoms with Crippen molar-refractivity contribution in [3.05, 3.63) is 79.4 Å². The van der Waals surface area contributed by atoms with Crippen molar-refractivity contribution in [2.75, 3.05) is 14.2 Å². The van der Waals surface area contributed by atoms with Crippen LogP contribution in [-0.2, 0) is 56.0 Å². The maximum atomic E-state index is 13.7. The summed E-state index contributed by atoms with van der Waals surface area (Å²) in [6.45, 7) is 5.70. The van der Waals surface area contributed by atoms with Crippen LogP contribution >= 0.6 is 0 Å². The molecule has 4 N–H and O–H groups in total. The van der Waals surface area contributed by atoms with Gasteiger partial charge in [0.05, 0.1) is 14.2 Å². The number of benzene rings is 2. The van der Waals surface area contributed by atoms with Gasteiger partial charge in [-0.3, -0.25) is 27.8 Å². The van der Waals surface area contributed by atoms with Gasteiger partial charge in [0, 0.05) is 47.5 Å². The van der Waals surface area contributed by atoms with Gasteiger partial charge in [-0.05, 0) is 63.1 Å². The third kappa shape index (κ3) is 8.97. The second kappa shape index (κ2) is 16.5. The van der Waals surface area contributed by atoms with Gasteiger partial charge >= 0.3 is 0 Å². The van der Waals surface area contributed by atoms with Crippen molar-refractivity contribution in [1.82, 2.24) is 9.13 Å². The van der Waals surface area contributed by atoms with Gasteiger partial charge in [-0.2, -0.15) is 16.8 Å². The fraction of sp³-hybridized carbons (Fsp3) is 0.312. The van der Waals surface area contributed by atoms with Crippen LogP contribution in [0.3, 0.4) is 0 Å². The SMILES string of the molecule is CCn1c(O)c(/N=N/c2ccc([S+]([O-])c3ccc(/N=N/c4c(C)c(CS(=O)(=O)O)c(=O)n(CC)c4O)c(OC)c3)cc2OC)c(C)c(CS(=O)(=O)O)c1=O. The van der Waals surface area contributed by atoms with E-state index in [1.54, 1.807) is 13.8 Å². The number of aromatic nitrogens is 2. The molecule has 0 radical (unpaired) electrons. The van der Waals surface area contributed by atoms with Crippen LogP contribution in [0.5, 0.6) is 23.3 Å². The highest BCUT2D eigenvalue weighted by molar-refractivity contribution is 7.91. The Morgan fingerprint density at radius 1 is 0.685 bits per heavy atom. The first-order valence-corrected chi connectivity index (χ1v) is 20.1. The van der Waals surface area contributed by atoms with Crippen molar-refractivity contribution in [2.24, 2.45) is 20.5 Å². The number of methoxy groups -OCH3 is 2. The van der Waals surface area contributed by atoms with Gasteiger partial charge in [0.25, 0.3) is 31.4 Å². The smallest absolute Gasteiger partial charge is 0.269 e. The summed E-state index contributed by atoms with van der Waals surface area (Å²) in [6.07, 6.45) is 0. The highest BCUT2D eigenvalue weighted by Gasteiger charge is 2.25. The molecule has 0 bridgehead atoms. The van der Waals surface area contributed by atoms with Crippen molar-refractivity contribution in [1.29, 1.82) is 0 Å². The molecule has 0 aliphatic carbocycles. The van der Waals surface area contributed by atoms with Crippen LogP contribution in [0, 0.1) is 13.8 Å². The molecule has 0 saturated carbocycles. The van der Waals surface area contributed by atoms with Crippen molar-refractivity contribution in [3.8, 4) is 23.3 Å². The van der Waals surface area contributed by atoms with E-state index in [1.165, 1.54) is 64.5 Å². The summed E-state index contributed by atoms with van der Waals surface area (Å²) in [5.74, 6) is -2.93. The maximum Gasteiger partial charge on any atom is 0.269 e. The van der Waals surface area contributed by atoms with E-state index in [0.29, 0.717) is 0 Å². The summed E-state index contributed by atoms with van der Waals surface area (Å²) in [4.78, 5) is 26.0. The number of hydrogen-bond acceptors (Lipinski definition) is 15. The largest absolute Gasteiger partial charge is 0.606 e. The van der Waals surface area contributed by atoms with Crippen LogP contribution in [0.4, 0.5) is 22.7 Å². The van der Waals surface area contributed by atoms with Gasteiger partial charge in [0.2, 0.25) is 11.8 Å². The highest BCUT2D eigenvalue weighted by Crippen LogP contribution is 2.39. The molecule has 2 heterocycles. The molecular formula is C32H36N6O13S3. The van der Waals surface area contributed by atoms with E-state index in [9.17, 15) is 50.3 Å². The molecule has 290 valence electrons. The minimum atomic E-state index is -4.60. The Bertz CT molecular complexity index is 2340. The van der Waals surface area contributed by atoms with Crippen LogP contribution in [0.2, 0.25) is 0 Å². The summed E-state index contributed by atoms with van der Waals surface area (Å²) >= 11 is -1.84. The maximum absolute atomic E-state index is 13.7. The number of nitrogens with zero attached hydrogens (tertiary/aromatic N) is 6. The van der Waals surface area contributed by atoms with Crippen LogP contribution in [0.15, 0.2) is 76.2 Å². The van der Waals surface area contributed by atoms with E-state index in [0.717, 1.165) is 9.13 Å². The summed E-state index contributed by atoms with van der Waals surface area (Å²) in [5, 5.41) is 37.8. The van der Waals surface area contributed by atoms with Gasteiger partial charge in [0.1, 0.15) is 34.3 Å². The Balaban J connectivity index is 1.68. The predicted octanol–water partition coefficient (Wildman–Crippen LogP) is 4.87. The van der Waals surface area contributed by atoms with E-state index < -0.39 is 65.8 Å². The Hall–Kier alpha value is -5.13. The van der Waals surface area contributed by atoms with E-state index >= 15 is 0 Å². The quantitative estimate of drug-likeness (QED) is 0.0752. The highest BCUT2D eigenvalue weighted by atomic mass is 32.2. The van der Waals surface area contributed by atoms with Gasteiger partial charge in [-0.25, -0.2) is 0 Å². The summed E-state index contributed by atoms with van der Waals surface area (Å²) in [7, 11) is -6.55. The molecule has 0 unspecified atom stereocenters. The first kappa shape index (κ1) is 41.6. The van der Waals surface area contributed by atoms with Gasteiger partial charge in [-0.1, -0.05) is 0 Å². The molecule has 0 atom stereocenters. The Morgan fingerprint density at radius 3 is 1.33 bits per heavy atom. The Kier molecular flexibility index (Phi) is 12.7. The van der Waals surface area contributed by atoms with E-state index in [-0.39, 0.29) is 79.4 Å². The van der Waals surface area contributed by atoms with Crippen LogP contribution in [0.25, 0.3) is 0 Å². The van der Waals surface area contributed by atoms with Crippen molar-refractivity contribution >= 4 is 54.2 Å². The van der Waals surface area contributed by atoms with E-state index in [1.807, 2.05) is 0 Å². The molecule has 4 rings (SSSR count). The lowest BCUT2D eigenvalue weighted by atomic mass is 10.1. The molecule has 0 fully saturated rings. The number of hydrogen-bond donors (Lipinski definition) is 4. The molecule has 0 amide bonds. The number of rotatable bonds is 14. The van der Waals surface area contributed by atoms with Crippen LogP contribution < -0.4 is 20.6 Å². The van der Waals surface area contributed by atoms with E-state index in [2.05, 4.69) is 20.5 Å². The van der Waals surface area contributed by atoms with Crippen LogP contribution in [0.1, 0.15) is 36.1 Å². The Labute approximate surface area is 311 Å². The number of ether oxygens (including phenoxy) is 2. The molecule has 4 aromatic rings. The lowest BCUT2D eigenvalue weighted by Crippen LogP contribution is -2.26. The topological polar surface area (TPSA) is 284 Å². The molecular weight excluding hydrogens is 773 g/mol. The zero-order valence-corrected chi connectivity index (χ0v) is 32.1. The lowest BCUT2D eigenvalue weighted by molar-refractivity contribution is 0.410.